The van der Waals surface area contributed by atoms with Crippen molar-refractivity contribution in [2.24, 2.45) is 11.1 Å². The first-order valence-electron chi connectivity index (χ1n) is 7.07. The Labute approximate surface area is 119 Å². The summed E-state index contributed by atoms with van der Waals surface area (Å²) in [6, 6.07) is 7.15. The molecular formula is C16H22N2O2. The van der Waals surface area contributed by atoms with E-state index in [2.05, 4.69) is 6.92 Å². The van der Waals surface area contributed by atoms with Crippen LogP contribution in [0.3, 0.4) is 0 Å². The molecule has 1 aliphatic rings. The van der Waals surface area contributed by atoms with E-state index in [4.69, 9.17) is 5.73 Å². The summed E-state index contributed by atoms with van der Waals surface area (Å²) < 4.78 is 0. The average Bonchev–Trinajstić information content (AvgIpc) is 2.86. The van der Waals surface area contributed by atoms with E-state index in [1.807, 2.05) is 13.1 Å². The van der Waals surface area contributed by atoms with Crippen molar-refractivity contribution in [3.63, 3.8) is 0 Å². The Morgan fingerprint density at radius 2 is 1.95 bits per heavy atom. The van der Waals surface area contributed by atoms with Crippen molar-refractivity contribution in [3.8, 4) is 0 Å². The molecule has 0 unspecified atom stereocenters. The maximum absolute atomic E-state index is 12.5. The van der Waals surface area contributed by atoms with Crippen LogP contribution < -0.4 is 5.73 Å². The summed E-state index contributed by atoms with van der Waals surface area (Å²) in [6.07, 6.45) is 4.20. The van der Waals surface area contributed by atoms with Crippen LogP contribution in [0.25, 0.3) is 0 Å². The van der Waals surface area contributed by atoms with Gasteiger partial charge >= 0.3 is 0 Å². The molecule has 4 heteroatoms. The predicted molar refractivity (Wildman–Crippen MR) is 78.0 cm³/mol. The van der Waals surface area contributed by atoms with Crippen LogP contribution in [0.1, 0.15) is 48.5 Å². The summed E-state index contributed by atoms with van der Waals surface area (Å²) >= 11 is 0. The molecule has 2 amide bonds. The number of carbonyl (C=O) groups is 2. The van der Waals surface area contributed by atoms with Crippen molar-refractivity contribution in [3.05, 3.63) is 35.4 Å². The van der Waals surface area contributed by atoms with Crippen LogP contribution in [0, 0.1) is 5.41 Å². The molecule has 1 fully saturated rings. The fourth-order valence-electron chi connectivity index (χ4n) is 3.00. The van der Waals surface area contributed by atoms with Crippen LogP contribution in [0.2, 0.25) is 0 Å². The topological polar surface area (TPSA) is 63.4 Å². The van der Waals surface area contributed by atoms with Crippen LogP contribution >= 0.6 is 0 Å². The minimum absolute atomic E-state index is 0.194. The lowest BCUT2D eigenvalue weighted by atomic mass is 9.87. The summed E-state index contributed by atoms with van der Waals surface area (Å²) in [5.74, 6) is -0.247. The molecule has 0 bridgehead atoms. The zero-order valence-corrected chi connectivity index (χ0v) is 12.2. The Morgan fingerprint density at radius 3 is 2.55 bits per heavy atom. The van der Waals surface area contributed by atoms with E-state index in [0.29, 0.717) is 12.1 Å². The Hall–Kier alpha value is -1.84. The van der Waals surface area contributed by atoms with Crippen molar-refractivity contribution < 1.29 is 9.59 Å². The van der Waals surface area contributed by atoms with Crippen LogP contribution in [-0.2, 0) is 11.3 Å². The Bertz CT molecular complexity index is 519. The number of carbonyl (C=O) groups excluding carboxylic acids is 2. The van der Waals surface area contributed by atoms with Crippen molar-refractivity contribution in [1.82, 2.24) is 4.90 Å². The van der Waals surface area contributed by atoms with E-state index in [0.717, 1.165) is 31.2 Å². The summed E-state index contributed by atoms with van der Waals surface area (Å²) in [4.78, 5) is 25.5. The molecule has 0 radical (unpaired) electrons. The van der Waals surface area contributed by atoms with Gasteiger partial charge in [-0.15, -0.1) is 0 Å². The summed E-state index contributed by atoms with van der Waals surface area (Å²) in [5.41, 5.74) is 6.47. The third-order valence-electron chi connectivity index (χ3n) is 4.20. The minimum atomic E-state index is -0.441. The number of hydrogen-bond donors (Lipinski definition) is 1. The van der Waals surface area contributed by atoms with E-state index in [9.17, 15) is 9.59 Å². The van der Waals surface area contributed by atoms with Gasteiger partial charge in [-0.1, -0.05) is 31.9 Å². The summed E-state index contributed by atoms with van der Waals surface area (Å²) in [6.45, 7) is 2.56. The van der Waals surface area contributed by atoms with E-state index in [-0.39, 0.29) is 11.3 Å². The van der Waals surface area contributed by atoms with E-state index < -0.39 is 5.91 Å². The molecule has 0 aromatic heterocycles. The first-order valence-corrected chi connectivity index (χ1v) is 7.07. The van der Waals surface area contributed by atoms with Gasteiger partial charge in [-0.2, -0.15) is 0 Å². The van der Waals surface area contributed by atoms with Crippen molar-refractivity contribution in [2.45, 2.75) is 39.2 Å². The molecule has 4 nitrogen and oxygen atoms in total. The standard InChI is InChI=1S/C16H22N2O2/c1-16(8-3-4-9-16)15(20)18(2)11-12-6-5-7-13(10-12)14(17)19/h5-7,10H,3-4,8-9,11H2,1-2H3,(H2,17,19). The molecule has 2 N–H and O–H groups in total. The number of benzene rings is 1. The molecule has 1 aromatic carbocycles. The lowest BCUT2D eigenvalue weighted by Crippen LogP contribution is -2.38. The lowest BCUT2D eigenvalue weighted by Gasteiger charge is -2.29. The zero-order chi connectivity index (χ0) is 14.8. The molecule has 108 valence electrons. The fourth-order valence-corrected chi connectivity index (χ4v) is 3.00. The Morgan fingerprint density at radius 1 is 1.30 bits per heavy atom. The highest BCUT2D eigenvalue weighted by Gasteiger charge is 2.37. The minimum Gasteiger partial charge on any atom is -0.366 e. The maximum Gasteiger partial charge on any atom is 0.248 e. The third kappa shape index (κ3) is 3.00. The van der Waals surface area contributed by atoms with Crippen LogP contribution in [-0.4, -0.2) is 23.8 Å². The number of nitrogens with zero attached hydrogens (tertiary/aromatic N) is 1. The van der Waals surface area contributed by atoms with Gasteiger partial charge in [0, 0.05) is 24.6 Å². The highest BCUT2D eigenvalue weighted by molar-refractivity contribution is 5.92. The normalized spacial score (nSPS) is 16.9. The fraction of sp³-hybridized carbons (Fsp3) is 0.500. The molecule has 1 aliphatic carbocycles. The number of rotatable bonds is 4. The van der Waals surface area contributed by atoms with Gasteiger partial charge in [0.1, 0.15) is 0 Å². The monoisotopic (exact) mass is 274 g/mol. The molecule has 0 saturated heterocycles. The van der Waals surface area contributed by atoms with E-state index in [1.54, 1.807) is 23.1 Å². The average molecular weight is 274 g/mol. The van der Waals surface area contributed by atoms with Crippen molar-refractivity contribution in [2.75, 3.05) is 7.05 Å². The number of hydrogen-bond acceptors (Lipinski definition) is 2. The molecule has 0 heterocycles. The van der Waals surface area contributed by atoms with Gasteiger partial charge < -0.3 is 10.6 Å². The van der Waals surface area contributed by atoms with Gasteiger partial charge in [0.25, 0.3) is 0 Å². The third-order valence-corrected chi connectivity index (χ3v) is 4.20. The smallest absolute Gasteiger partial charge is 0.248 e. The lowest BCUT2D eigenvalue weighted by molar-refractivity contribution is -0.140. The second-order valence-corrected chi connectivity index (χ2v) is 5.99. The molecule has 20 heavy (non-hydrogen) atoms. The van der Waals surface area contributed by atoms with Gasteiger partial charge in [-0.25, -0.2) is 0 Å². The first kappa shape index (κ1) is 14.6. The quantitative estimate of drug-likeness (QED) is 0.915. The van der Waals surface area contributed by atoms with Gasteiger partial charge in [-0.05, 0) is 30.5 Å². The molecule has 0 aliphatic heterocycles. The molecule has 1 aromatic rings. The van der Waals surface area contributed by atoms with E-state index in [1.165, 1.54) is 0 Å². The first-order chi connectivity index (χ1) is 9.42. The summed E-state index contributed by atoms with van der Waals surface area (Å²) in [5, 5.41) is 0. The highest BCUT2D eigenvalue weighted by atomic mass is 16.2. The van der Waals surface area contributed by atoms with Crippen LogP contribution in [0.5, 0.6) is 0 Å². The molecule has 0 spiro atoms. The second kappa shape index (κ2) is 5.65. The predicted octanol–water partition coefficient (Wildman–Crippen LogP) is 2.32. The van der Waals surface area contributed by atoms with Crippen molar-refractivity contribution in [1.29, 1.82) is 0 Å². The molecular weight excluding hydrogens is 252 g/mol. The van der Waals surface area contributed by atoms with Crippen LogP contribution in [0.4, 0.5) is 0 Å². The summed E-state index contributed by atoms with van der Waals surface area (Å²) in [7, 11) is 1.82. The number of primary amides is 1. The van der Waals surface area contributed by atoms with Gasteiger partial charge in [0.15, 0.2) is 0 Å². The second-order valence-electron chi connectivity index (χ2n) is 5.99. The molecule has 1 saturated carbocycles. The molecule has 2 rings (SSSR count). The zero-order valence-electron chi connectivity index (χ0n) is 12.2. The largest absolute Gasteiger partial charge is 0.366 e. The number of amides is 2. The van der Waals surface area contributed by atoms with Gasteiger partial charge in [0.05, 0.1) is 0 Å². The van der Waals surface area contributed by atoms with E-state index >= 15 is 0 Å². The molecule has 0 atom stereocenters. The number of nitrogens with two attached hydrogens (primary N) is 1. The Kier molecular flexibility index (Phi) is 4.12. The van der Waals surface area contributed by atoms with Gasteiger partial charge in [-0.3, -0.25) is 9.59 Å². The maximum atomic E-state index is 12.5. The van der Waals surface area contributed by atoms with Gasteiger partial charge in [0.2, 0.25) is 11.8 Å². The van der Waals surface area contributed by atoms with Crippen LogP contribution in [0.15, 0.2) is 24.3 Å². The van der Waals surface area contributed by atoms with Crippen molar-refractivity contribution >= 4 is 11.8 Å². The Balaban J connectivity index is 2.07. The SMILES string of the molecule is CN(Cc1cccc(C(N)=O)c1)C(=O)C1(C)CCCC1. The highest BCUT2D eigenvalue weighted by Crippen LogP contribution is 2.39.